The minimum absolute atomic E-state index is 0.0551. The third-order valence-corrected chi connectivity index (χ3v) is 6.63. The molecule has 14 heteroatoms. The van der Waals surface area contributed by atoms with Crippen molar-refractivity contribution in [3.05, 3.63) is 54.1 Å². The van der Waals surface area contributed by atoms with Crippen LogP contribution in [-0.2, 0) is 32.0 Å². The Morgan fingerprint density at radius 3 is 2.48 bits per heavy atom. The van der Waals surface area contributed by atoms with E-state index in [9.17, 15) is 24.3 Å². The van der Waals surface area contributed by atoms with E-state index in [2.05, 4.69) is 25.6 Å². The molecule has 4 unspecified atom stereocenters. The Hall–Kier alpha value is -4.46. The lowest BCUT2D eigenvalue weighted by atomic mass is 10.0. The SMILES string of the molecule is NC(N)=NCCCC(N)C(=O)NC(Cc1ccccc1)C(=O)NC(Cc1cnc[nH]1)C(=O)N1CCCC1C(=O)O. The second kappa shape index (κ2) is 14.6. The summed E-state index contributed by atoms with van der Waals surface area (Å²) in [4.78, 5) is 63.8. The number of rotatable bonds is 14. The molecule has 0 aliphatic carbocycles. The highest BCUT2D eigenvalue weighted by Gasteiger charge is 2.38. The summed E-state index contributed by atoms with van der Waals surface area (Å²) in [5.41, 5.74) is 18.1. The Balaban J connectivity index is 1.77. The largest absolute Gasteiger partial charge is 0.480 e. The quantitative estimate of drug-likeness (QED) is 0.0825. The second-order valence-corrected chi connectivity index (χ2v) is 9.68. The minimum atomic E-state index is -1.10. The van der Waals surface area contributed by atoms with E-state index in [1.165, 1.54) is 17.4 Å². The van der Waals surface area contributed by atoms with E-state index in [4.69, 9.17) is 17.2 Å². The molecule has 3 amide bonds. The maximum Gasteiger partial charge on any atom is 0.326 e. The van der Waals surface area contributed by atoms with Crippen LogP contribution in [0.1, 0.15) is 36.9 Å². The highest BCUT2D eigenvalue weighted by Crippen LogP contribution is 2.19. The van der Waals surface area contributed by atoms with Gasteiger partial charge < -0.3 is 42.8 Å². The normalized spacial score (nSPS) is 16.9. The average molecular weight is 556 g/mol. The van der Waals surface area contributed by atoms with Crippen molar-refractivity contribution in [3.63, 3.8) is 0 Å². The number of aliphatic carboxylic acids is 1. The first-order valence-electron chi connectivity index (χ1n) is 13.1. The number of H-pyrrole nitrogens is 1. The summed E-state index contributed by atoms with van der Waals surface area (Å²) in [6, 6.07) is 5.07. The Kier molecular flexibility index (Phi) is 11.0. The number of aromatic nitrogens is 2. The van der Waals surface area contributed by atoms with Crippen molar-refractivity contribution in [2.45, 2.75) is 62.7 Å². The first-order chi connectivity index (χ1) is 19.2. The number of aliphatic imine (C=N–C) groups is 1. The highest BCUT2D eigenvalue weighted by atomic mass is 16.4. The number of amides is 3. The van der Waals surface area contributed by atoms with Crippen LogP contribution >= 0.6 is 0 Å². The molecule has 0 saturated carbocycles. The van der Waals surface area contributed by atoms with E-state index < -0.39 is 47.9 Å². The molecule has 1 aromatic heterocycles. The predicted octanol–water partition coefficient (Wildman–Crippen LogP) is -1.38. The Bertz CT molecular complexity index is 1170. The van der Waals surface area contributed by atoms with Crippen molar-refractivity contribution in [2.75, 3.05) is 13.1 Å². The number of hydrogen-bond donors (Lipinski definition) is 7. The maximum atomic E-state index is 13.6. The molecule has 1 aliphatic rings. The molecule has 0 spiro atoms. The first kappa shape index (κ1) is 30.1. The zero-order valence-corrected chi connectivity index (χ0v) is 22.2. The molecular formula is C26H37N9O5. The molecule has 0 bridgehead atoms. The lowest BCUT2D eigenvalue weighted by Gasteiger charge is -2.29. The average Bonchev–Trinajstić information content (AvgIpc) is 3.63. The van der Waals surface area contributed by atoms with Crippen LogP contribution in [0, 0.1) is 0 Å². The fourth-order valence-corrected chi connectivity index (χ4v) is 4.56. The van der Waals surface area contributed by atoms with Gasteiger partial charge in [0, 0.05) is 37.8 Å². The summed E-state index contributed by atoms with van der Waals surface area (Å²) >= 11 is 0. The van der Waals surface area contributed by atoms with Gasteiger partial charge in [0.05, 0.1) is 12.4 Å². The lowest BCUT2D eigenvalue weighted by molar-refractivity contribution is -0.149. The molecule has 216 valence electrons. The van der Waals surface area contributed by atoms with Gasteiger partial charge in [-0.1, -0.05) is 30.3 Å². The van der Waals surface area contributed by atoms with E-state index in [1.807, 2.05) is 30.3 Å². The number of nitrogens with one attached hydrogen (secondary N) is 3. The number of carboxylic acid groups (broad SMARTS) is 1. The van der Waals surface area contributed by atoms with E-state index in [1.54, 1.807) is 0 Å². The Labute approximate surface area is 231 Å². The fourth-order valence-electron chi connectivity index (χ4n) is 4.56. The number of carboxylic acids is 1. The van der Waals surface area contributed by atoms with Gasteiger partial charge in [0.1, 0.15) is 18.1 Å². The molecule has 4 atom stereocenters. The summed E-state index contributed by atoms with van der Waals surface area (Å²) in [5, 5.41) is 15.0. The molecule has 3 rings (SSSR count). The number of nitrogens with zero attached hydrogens (tertiary/aromatic N) is 3. The van der Waals surface area contributed by atoms with Crippen molar-refractivity contribution in [1.29, 1.82) is 0 Å². The lowest BCUT2D eigenvalue weighted by Crippen LogP contribution is -2.58. The van der Waals surface area contributed by atoms with Crippen molar-refractivity contribution in [3.8, 4) is 0 Å². The fraction of sp³-hybridized carbons (Fsp3) is 0.462. The summed E-state index contributed by atoms with van der Waals surface area (Å²) in [7, 11) is 0. The summed E-state index contributed by atoms with van der Waals surface area (Å²) < 4.78 is 0. The molecule has 1 saturated heterocycles. The van der Waals surface area contributed by atoms with Crippen LogP contribution in [0.15, 0.2) is 47.8 Å². The van der Waals surface area contributed by atoms with Gasteiger partial charge in [-0.3, -0.25) is 19.4 Å². The number of nitrogens with two attached hydrogens (primary N) is 3. The molecular weight excluding hydrogens is 518 g/mol. The van der Waals surface area contributed by atoms with Gasteiger partial charge in [-0.2, -0.15) is 0 Å². The van der Waals surface area contributed by atoms with Crippen molar-refractivity contribution in [2.24, 2.45) is 22.2 Å². The molecule has 0 radical (unpaired) electrons. The molecule has 1 fully saturated rings. The van der Waals surface area contributed by atoms with Crippen LogP contribution in [0.5, 0.6) is 0 Å². The number of carbonyl (C=O) groups excluding carboxylic acids is 3. The molecule has 1 aromatic carbocycles. The monoisotopic (exact) mass is 555 g/mol. The number of likely N-dealkylation sites (tertiary alicyclic amines) is 1. The van der Waals surface area contributed by atoms with Crippen LogP contribution < -0.4 is 27.8 Å². The summed E-state index contributed by atoms with van der Waals surface area (Å²) in [6.07, 6.45) is 4.80. The van der Waals surface area contributed by atoms with Crippen molar-refractivity contribution in [1.82, 2.24) is 25.5 Å². The van der Waals surface area contributed by atoms with E-state index in [-0.39, 0.29) is 31.8 Å². The molecule has 14 nitrogen and oxygen atoms in total. The number of imidazole rings is 1. The number of guanidine groups is 1. The zero-order valence-electron chi connectivity index (χ0n) is 22.2. The summed E-state index contributed by atoms with van der Waals surface area (Å²) in [6.45, 7) is 0.576. The molecule has 2 aromatic rings. The molecule has 40 heavy (non-hydrogen) atoms. The van der Waals surface area contributed by atoms with Crippen molar-refractivity contribution < 1.29 is 24.3 Å². The first-order valence-corrected chi connectivity index (χ1v) is 13.1. The summed E-state index contributed by atoms with van der Waals surface area (Å²) in [5.74, 6) is -2.81. The van der Waals surface area contributed by atoms with Gasteiger partial charge in [0.15, 0.2) is 5.96 Å². The van der Waals surface area contributed by atoms with Gasteiger partial charge in [-0.25, -0.2) is 9.78 Å². The predicted molar refractivity (Wildman–Crippen MR) is 147 cm³/mol. The number of benzene rings is 1. The van der Waals surface area contributed by atoms with Crippen molar-refractivity contribution >= 4 is 29.7 Å². The smallest absolute Gasteiger partial charge is 0.326 e. The van der Waals surface area contributed by atoms with E-state index >= 15 is 0 Å². The van der Waals surface area contributed by atoms with Crippen LogP contribution in [0.4, 0.5) is 0 Å². The topological polar surface area (TPSA) is 235 Å². The number of carbonyl (C=O) groups is 4. The highest BCUT2D eigenvalue weighted by molar-refractivity contribution is 5.94. The van der Waals surface area contributed by atoms with E-state index in [0.29, 0.717) is 31.5 Å². The Morgan fingerprint density at radius 1 is 1.10 bits per heavy atom. The third-order valence-electron chi connectivity index (χ3n) is 6.63. The molecule has 2 heterocycles. The molecule has 1 aliphatic heterocycles. The van der Waals surface area contributed by atoms with E-state index in [0.717, 1.165) is 5.56 Å². The number of hydrogen-bond acceptors (Lipinski definition) is 7. The minimum Gasteiger partial charge on any atom is -0.480 e. The third kappa shape index (κ3) is 8.80. The number of aromatic amines is 1. The van der Waals surface area contributed by atoms with Gasteiger partial charge in [0.2, 0.25) is 17.7 Å². The van der Waals surface area contributed by atoms with Crippen LogP contribution in [-0.4, -0.2) is 86.9 Å². The maximum absolute atomic E-state index is 13.6. The molecule has 10 N–H and O–H groups in total. The van der Waals surface area contributed by atoms with Crippen LogP contribution in [0.25, 0.3) is 0 Å². The standard InChI is InChI=1S/C26H37N9O5/c27-18(8-4-10-31-26(28)29)22(36)33-19(12-16-6-2-1-3-7-16)23(37)34-20(13-17-14-30-15-32-17)24(38)35-11-5-9-21(35)25(39)40/h1-3,6-7,14-15,18-21H,4-5,8-13,27H2,(H,30,32)(H,33,36)(H,34,37)(H,39,40)(H4,28,29,31). The van der Waals surface area contributed by atoms with Crippen LogP contribution in [0.3, 0.4) is 0 Å². The van der Waals surface area contributed by atoms with Gasteiger partial charge in [-0.15, -0.1) is 0 Å². The van der Waals surface area contributed by atoms with Crippen LogP contribution in [0.2, 0.25) is 0 Å². The van der Waals surface area contributed by atoms with Gasteiger partial charge in [0.25, 0.3) is 0 Å². The van der Waals surface area contributed by atoms with Gasteiger partial charge in [-0.05, 0) is 31.2 Å². The van der Waals surface area contributed by atoms with Gasteiger partial charge >= 0.3 is 5.97 Å². The second-order valence-electron chi connectivity index (χ2n) is 9.68. The Morgan fingerprint density at radius 2 is 1.82 bits per heavy atom. The zero-order chi connectivity index (χ0) is 29.1.